The van der Waals surface area contributed by atoms with Crippen LogP contribution in [-0.4, -0.2) is 38.3 Å². The van der Waals surface area contributed by atoms with Crippen LogP contribution >= 0.6 is 0 Å². The number of hydrogen-bond acceptors (Lipinski definition) is 5. The van der Waals surface area contributed by atoms with Crippen LogP contribution < -0.4 is 0 Å². The zero-order chi connectivity index (χ0) is 22.0. The highest BCUT2D eigenvalue weighted by Crippen LogP contribution is 2.27. The van der Waals surface area contributed by atoms with Crippen molar-refractivity contribution in [2.75, 3.05) is 13.7 Å². The van der Waals surface area contributed by atoms with Gasteiger partial charge in [-0.25, -0.2) is 0 Å². The predicted octanol–water partition coefficient (Wildman–Crippen LogP) is 4.75. The van der Waals surface area contributed by atoms with Crippen molar-refractivity contribution < 1.29 is 23.7 Å². The molecule has 168 valence electrons. The molecule has 4 rings (SSSR count). The van der Waals surface area contributed by atoms with Crippen LogP contribution in [0.25, 0.3) is 0 Å². The monoisotopic (exact) mass is 434 g/mol. The van der Waals surface area contributed by atoms with E-state index in [4.69, 9.17) is 23.7 Å². The first-order valence-electron chi connectivity index (χ1n) is 10.9. The van der Waals surface area contributed by atoms with Crippen molar-refractivity contribution in [2.45, 2.75) is 44.4 Å². The maximum absolute atomic E-state index is 6.39. The minimum absolute atomic E-state index is 0.286. The summed E-state index contributed by atoms with van der Waals surface area (Å²) in [5.41, 5.74) is 3.28. The summed E-state index contributed by atoms with van der Waals surface area (Å²) in [4.78, 5) is 0. The Morgan fingerprint density at radius 2 is 1.06 bits per heavy atom. The molecule has 0 radical (unpaired) electrons. The van der Waals surface area contributed by atoms with Crippen molar-refractivity contribution in [3.8, 4) is 0 Å². The Morgan fingerprint density at radius 1 is 0.625 bits per heavy atom. The highest BCUT2D eigenvalue weighted by molar-refractivity contribution is 5.15. The minimum Gasteiger partial charge on any atom is -0.368 e. The molecule has 0 N–H and O–H groups in total. The predicted molar refractivity (Wildman–Crippen MR) is 122 cm³/mol. The molecule has 0 saturated carbocycles. The Hall–Kier alpha value is -2.54. The molecule has 4 atom stereocenters. The number of methoxy groups -OCH3 is 1. The van der Waals surface area contributed by atoms with Gasteiger partial charge in [0, 0.05) is 7.11 Å². The molecular weight excluding hydrogens is 404 g/mol. The third kappa shape index (κ3) is 6.25. The largest absolute Gasteiger partial charge is 0.368 e. The van der Waals surface area contributed by atoms with Gasteiger partial charge < -0.3 is 23.7 Å². The maximum Gasteiger partial charge on any atom is 0.186 e. The van der Waals surface area contributed by atoms with Crippen LogP contribution in [-0.2, 0) is 43.5 Å². The number of ether oxygens (including phenoxy) is 5. The molecule has 3 aromatic carbocycles. The minimum atomic E-state index is -0.531. The average Bonchev–Trinajstić information content (AvgIpc) is 2.87. The first kappa shape index (κ1) is 22.6. The lowest BCUT2D eigenvalue weighted by Gasteiger charge is -2.41. The summed E-state index contributed by atoms with van der Waals surface area (Å²) < 4.78 is 30.5. The van der Waals surface area contributed by atoms with E-state index in [2.05, 4.69) is 0 Å². The van der Waals surface area contributed by atoms with Gasteiger partial charge in [0.05, 0.1) is 26.4 Å². The molecule has 1 fully saturated rings. The molecule has 0 aliphatic carbocycles. The first-order valence-corrected chi connectivity index (χ1v) is 10.9. The second kappa shape index (κ2) is 11.9. The highest BCUT2D eigenvalue weighted by atomic mass is 16.7. The van der Waals surface area contributed by atoms with Gasteiger partial charge in [0.2, 0.25) is 0 Å². The van der Waals surface area contributed by atoms with Crippen molar-refractivity contribution in [1.82, 2.24) is 0 Å². The van der Waals surface area contributed by atoms with Crippen molar-refractivity contribution >= 4 is 0 Å². The van der Waals surface area contributed by atoms with Gasteiger partial charge in [0.1, 0.15) is 18.3 Å². The van der Waals surface area contributed by atoms with Gasteiger partial charge in [-0.3, -0.25) is 0 Å². The second-order valence-electron chi connectivity index (χ2n) is 7.79. The molecular formula is C27H30O5. The van der Waals surface area contributed by atoms with Crippen LogP contribution in [0.1, 0.15) is 16.7 Å². The fourth-order valence-corrected chi connectivity index (χ4v) is 3.78. The van der Waals surface area contributed by atoms with E-state index in [1.54, 1.807) is 7.11 Å². The van der Waals surface area contributed by atoms with Crippen molar-refractivity contribution in [1.29, 1.82) is 0 Å². The number of rotatable bonds is 10. The Balaban J connectivity index is 1.49. The third-order valence-corrected chi connectivity index (χ3v) is 5.49. The van der Waals surface area contributed by atoms with Crippen LogP contribution in [0.2, 0.25) is 0 Å². The van der Waals surface area contributed by atoms with E-state index in [-0.39, 0.29) is 12.2 Å². The lowest BCUT2D eigenvalue weighted by Crippen LogP contribution is -2.56. The summed E-state index contributed by atoms with van der Waals surface area (Å²) in [5, 5.41) is 0. The smallest absolute Gasteiger partial charge is 0.186 e. The topological polar surface area (TPSA) is 46.2 Å². The summed E-state index contributed by atoms with van der Waals surface area (Å²) in [6, 6.07) is 30.3. The van der Waals surface area contributed by atoms with E-state index >= 15 is 0 Å². The average molecular weight is 435 g/mol. The van der Waals surface area contributed by atoms with Crippen LogP contribution in [0.15, 0.2) is 91.0 Å². The maximum atomic E-state index is 6.39. The summed E-state index contributed by atoms with van der Waals surface area (Å²) in [5.74, 6) is 0. The number of hydrogen-bond donors (Lipinski definition) is 0. The van der Waals surface area contributed by atoms with Crippen molar-refractivity contribution in [3.63, 3.8) is 0 Å². The molecule has 1 saturated heterocycles. The molecule has 0 unspecified atom stereocenters. The molecule has 32 heavy (non-hydrogen) atoms. The highest BCUT2D eigenvalue weighted by Gasteiger charge is 2.43. The first-order chi connectivity index (χ1) is 15.8. The lowest BCUT2D eigenvalue weighted by atomic mass is 10.0. The summed E-state index contributed by atoms with van der Waals surface area (Å²) in [6.45, 7) is 1.74. The van der Waals surface area contributed by atoms with Gasteiger partial charge in [-0.1, -0.05) is 91.0 Å². The second-order valence-corrected chi connectivity index (χ2v) is 7.79. The molecule has 0 amide bonds. The van der Waals surface area contributed by atoms with Crippen molar-refractivity contribution in [3.05, 3.63) is 108 Å². The third-order valence-electron chi connectivity index (χ3n) is 5.49. The SMILES string of the molecule is CO[C@@H]1OC[C@H](OCc2ccccc2)[C@H](OCc2ccccc2)[C@H]1OCc1ccccc1. The zero-order valence-corrected chi connectivity index (χ0v) is 18.3. The van der Waals surface area contributed by atoms with E-state index in [9.17, 15) is 0 Å². The summed E-state index contributed by atoms with van der Waals surface area (Å²) in [6.07, 6.45) is -1.60. The molecule has 3 aromatic rings. The van der Waals surface area contributed by atoms with Gasteiger partial charge >= 0.3 is 0 Å². The van der Waals surface area contributed by atoms with Gasteiger partial charge in [-0.15, -0.1) is 0 Å². The van der Waals surface area contributed by atoms with Gasteiger partial charge in [-0.2, -0.15) is 0 Å². The fourth-order valence-electron chi connectivity index (χ4n) is 3.78. The molecule has 1 heterocycles. The lowest BCUT2D eigenvalue weighted by molar-refractivity contribution is -0.293. The van der Waals surface area contributed by atoms with Crippen molar-refractivity contribution in [2.24, 2.45) is 0 Å². The Labute approximate surface area is 189 Å². The molecule has 0 aromatic heterocycles. The normalized spacial score (nSPS) is 23.2. The van der Waals surface area contributed by atoms with E-state index < -0.39 is 12.4 Å². The van der Waals surface area contributed by atoms with E-state index in [0.29, 0.717) is 26.4 Å². The van der Waals surface area contributed by atoms with Crippen LogP contribution in [0.3, 0.4) is 0 Å². The van der Waals surface area contributed by atoms with Crippen LogP contribution in [0.4, 0.5) is 0 Å². The standard InChI is InChI=1S/C27H30O5/c1-28-27-26(31-19-23-15-9-4-10-16-23)25(30-18-22-13-7-3-8-14-22)24(20-32-27)29-17-21-11-5-2-6-12-21/h2-16,24-27H,17-20H2,1H3/t24-,25-,26+,27+/m0/s1. The van der Waals surface area contributed by atoms with Crippen LogP contribution in [0, 0.1) is 0 Å². The molecule has 1 aliphatic rings. The van der Waals surface area contributed by atoms with E-state index in [0.717, 1.165) is 16.7 Å². The van der Waals surface area contributed by atoms with E-state index in [1.165, 1.54) is 0 Å². The number of benzene rings is 3. The summed E-state index contributed by atoms with van der Waals surface area (Å²) in [7, 11) is 1.63. The van der Waals surface area contributed by atoms with Crippen LogP contribution in [0.5, 0.6) is 0 Å². The Kier molecular flexibility index (Phi) is 8.42. The van der Waals surface area contributed by atoms with Gasteiger partial charge in [0.25, 0.3) is 0 Å². The Bertz CT molecular complexity index is 903. The van der Waals surface area contributed by atoms with Gasteiger partial charge in [0.15, 0.2) is 6.29 Å². The fraction of sp³-hybridized carbons (Fsp3) is 0.333. The molecule has 5 nitrogen and oxygen atoms in total. The zero-order valence-electron chi connectivity index (χ0n) is 18.3. The van der Waals surface area contributed by atoms with E-state index in [1.807, 2.05) is 91.0 Å². The Morgan fingerprint density at radius 3 is 1.53 bits per heavy atom. The molecule has 5 heteroatoms. The quantitative estimate of drug-likeness (QED) is 0.461. The molecule has 0 spiro atoms. The summed E-state index contributed by atoms with van der Waals surface area (Å²) >= 11 is 0. The van der Waals surface area contributed by atoms with Gasteiger partial charge in [-0.05, 0) is 16.7 Å². The molecule has 1 aliphatic heterocycles. The molecule has 0 bridgehead atoms.